The third kappa shape index (κ3) is 7.45. The van der Waals surface area contributed by atoms with Crippen molar-refractivity contribution in [3.05, 3.63) is 23.3 Å². The second-order valence-corrected chi connectivity index (χ2v) is 6.23. The smallest absolute Gasteiger partial charge is 0.120 e. The molecule has 2 unspecified atom stereocenters. The van der Waals surface area contributed by atoms with Crippen LogP contribution in [-0.2, 0) is 9.47 Å². The first-order valence-corrected chi connectivity index (χ1v) is 9.14. The highest BCUT2D eigenvalue weighted by Gasteiger charge is 2.23. The first-order valence-electron chi connectivity index (χ1n) is 9.14. The molecule has 10 N–H and O–H groups in total. The number of phenols is 2. The normalized spacial score (nSPS) is 13.7. The molecule has 0 fully saturated rings. The van der Waals surface area contributed by atoms with E-state index in [9.17, 15) is 10.2 Å². The fourth-order valence-corrected chi connectivity index (χ4v) is 2.68. The van der Waals surface area contributed by atoms with Crippen molar-refractivity contribution in [1.82, 2.24) is 0 Å². The number of hydrogen-bond donors (Lipinski definition) is 6. The summed E-state index contributed by atoms with van der Waals surface area (Å²) in [7, 11) is 0. The van der Waals surface area contributed by atoms with Crippen molar-refractivity contribution in [3.63, 3.8) is 0 Å². The molecule has 1 rings (SSSR count). The molecular formula is C18H34N4O4. The Kier molecular flexibility index (Phi) is 11.2. The molecule has 0 aromatic heterocycles. The van der Waals surface area contributed by atoms with Crippen LogP contribution >= 0.6 is 0 Å². The van der Waals surface area contributed by atoms with Crippen LogP contribution in [0.25, 0.3) is 0 Å². The van der Waals surface area contributed by atoms with Crippen LogP contribution in [0, 0.1) is 0 Å². The summed E-state index contributed by atoms with van der Waals surface area (Å²) in [6.07, 6.45) is 2.56. The lowest BCUT2D eigenvalue weighted by Gasteiger charge is -2.23. The van der Waals surface area contributed by atoms with E-state index in [0.29, 0.717) is 63.5 Å². The maximum absolute atomic E-state index is 10.3. The third-order valence-electron chi connectivity index (χ3n) is 4.11. The minimum Gasteiger partial charge on any atom is -0.508 e. The molecule has 0 amide bonds. The van der Waals surface area contributed by atoms with Gasteiger partial charge in [-0.2, -0.15) is 0 Å². The summed E-state index contributed by atoms with van der Waals surface area (Å²) in [6, 6.07) is 1.85. The minimum absolute atomic E-state index is 0.0201. The molecule has 0 spiro atoms. The highest BCUT2D eigenvalue weighted by molar-refractivity contribution is 5.50. The van der Waals surface area contributed by atoms with Gasteiger partial charge < -0.3 is 42.6 Å². The van der Waals surface area contributed by atoms with Crippen molar-refractivity contribution >= 4 is 0 Å². The number of benzene rings is 1. The van der Waals surface area contributed by atoms with E-state index < -0.39 is 12.1 Å². The topological polar surface area (TPSA) is 163 Å². The average Bonchev–Trinajstić information content (AvgIpc) is 2.62. The Bertz CT molecular complexity index is 471. The van der Waals surface area contributed by atoms with E-state index in [0.717, 1.165) is 12.8 Å². The number of rotatable bonds is 14. The molecule has 0 bridgehead atoms. The Morgan fingerprint density at radius 2 is 1.12 bits per heavy atom. The molecule has 8 nitrogen and oxygen atoms in total. The molecule has 0 aliphatic carbocycles. The van der Waals surface area contributed by atoms with E-state index in [1.165, 1.54) is 12.1 Å². The summed E-state index contributed by atoms with van der Waals surface area (Å²) in [5.41, 5.74) is 24.2. The fraction of sp³-hybridized carbons (Fsp3) is 0.667. The van der Waals surface area contributed by atoms with Crippen LogP contribution in [0.5, 0.6) is 11.5 Å². The molecule has 0 aliphatic rings. The van der Waals surface area contributed by atoms with Gasteiger partial charge in [0.2, 0.25) is 0 Å². The summed E-state index contributed by atoms with van der Waals surface area (Å²) in [4.78, 5) is 0. The fourth-order valence-electron chi connectivity index (χ4n) is 2.68. The first-order chi connectivity index (χ1) is 12.5. The monoisotopic (exact) mass is 370 g/mol. The highest BCUT2D eigenvalue weighted by atomic mass is 16.5. The average molecular weight is 370 g/mol. The minimum atomic E-state index is -0.501. The zero-order valence-electron chi connectivity index (χ0n) is 15.4. The Morgan fingerprint density at radius 3 is 1.46 bits per heavy atom. The second-order valence-electron chi connectivity index (χ2n) is 6.23. The van der Waals surface area contributed by atoms with E-state index in [2.05, 4.69) is 0 Å². The molecule has 1 aromatic carbocycles. The number of ether oxygens (including phenoxy) is 2. The summed E-state index contributed by atoms with van der Waals surface area (Å²) >= 11 is 0. The van der Waals surface area contributed by atoms with Gasteiger partial charge in [-0.15, -0.1) is 0 Å². The van der Waals surface area contributed by atoms with Gasteiger partial charge in [0.25, 0.3) is 0 Å². The molecule has 26 heavy (non-hydrogen) atoms. The molecule has 0 aliphatic heterocycles. The lowest BCUT2D eigenvalue weighted by molar-refractivity contribution is 0.124. The Morgan fingerprint density at radius 1 is 0.731 bits per heavy atom. The quantitative estimate of drug-likeness (QED) is 0.205. The highest BCUT2D eigenvalue weighted by Crippen LogP contribution is 2.38. The molecular weight excluding hydrogens is 336 g/mol. The largest absolute Gasteiger partial charge is 0.508 e. The van der Waals surface area contributed by atoms with Crippen molar-refractivity contribution in [1.29, 1.82) is 0 Å². The van der Waals surface area contributed by atoms with Gasteiger partial charge in [0.05, 0.1) is 0 Å². The molecule has 8 heteroatoms. The zero-order valence-corrected chi connectivity index (χ0v) is 15.4. The molecule has 0 radical (unpaired) electrons. The third-order valence-corrected chi connectivity index (χ3v) is 4.11. The van der Waals surface area contributed by atoms with E-state index in [1.54, 1.807) is 0 Å². The number of phenolic OH excluding ortho intramolecular Hbond substituents is 2. The zero-order chi connectivity index (χ0) is 19.4. The van der Waals surface area contributed by atoms with Gasteiger partial charge in [0.1, 0.15) is 11.5 Å². The van der Waals surface area contributed by atoms with Crippen LogP contribution in [-0.4, -0.2) is 49.7 Å². The van der Waals surface area contributed by atoms with Crippen LogP contribution in [0.15, 0.2) is 12.1 Å². The van der Waals surface area contributed by atoms with E-state index in [1.807, 2.05) is 0 Å². The Hall–Kier alpha value is -1.42. The maximum Gasteiger partial charge on any atom is 0.120 e. The van der Waals surface area contributed by atoms with Gasteiger partial charge in [-0.05, 0) is 50.9 Å². The molecule has 0 saturated heterocycles. The van der Waals surface area contributed by atoms with Crippen molar-refractivity contribution in [2.24, 2.45) is 22.9 Å². The summed E-state index contributed by atoms with van der Waals surface area (Å²) in [5.74, 6) is 0.0403. The Balaban J connectivity index is 2.73. The molecule has 150 valence electrons. The predicted octanol–water partition coefficient (Wildman–Crippen LogP) is 0.608. The summed E-state index contributed by atoms with van der Waals surface area (Å²) < 4.78 is 10.9. The molecule has 1 aromatic rings. The van der Waals surface area contributed by atoms with Crippen LogP contribution in [0.3, 0.4) is 0 Å². The number of aromatic hydroxyl groups is 2. The SMILES string of the molecule is NCCCOCCC(N)c1c(O)ccc(O)c1C(N)CCOCCCN. The second kappa shape index (κ2) is 12.9. The van der Waals surface area contributed by atoms with Gasteiger partial charge in [-0.25, -0.2) is 0 Å². The van der Waals surface area contributed by atoms with Gasteiger partial charge >= 0.3 is 0 Å². The molecule has 0 heterocycles. The Labute approximate surface area is 155 Å². The maximum atomic E-state index is 10.3. The lowest BCUT2D eigenvalue weighted by atomic mass is 9.91. The van der Waals surface area contributed by atoms with Gasteiger partial charge in [-0.3, -0.25) is 0 Å². The first kappa shape index (κ1) is 22.6. The van der Waals surface area contributed by atoms with E-state index in [4.69, 9.17) is 32.4 Å². The van der Waals surface area contributed by atoms with Crippen molar-refractivity contribution in [2.75, 3.05) is 39.5 Å². The molecule has 0 saturated carbocycles. The van der Waals surface area contributed by atoms with Crippen molar-refractivity contribution in [3.8, 4) is 11.5 Å². The number of hydrogen-bond acceptors (Lipinski definition) is 8. The number of nitrogens with two attached hydrogens (primary N) is 4. The molecule has 2 atom stereocenters. The predicted molar refractivity (Wildman–Crippen MR) is 102 cm³/mol. The van der Waals surface area contributed by atoms with Gasteiger partial charge in [0.15, 0.2) is 0 Å². The lowest BCUT2D eigenvalue weighted by Crippen LogP contribution is -2.21. The van der Waals surface area contributed by atoms with Crippen LogP contribution < -0.4 is 22.9 Å². The van der Waals surface area contributed by atoms with E-state index >= 15 is 0 Å². The van der Waals surface area contributed by atoms with Crippen LogP contribution in [0.2, 0.25) is 0 Å². The van der Waals surface area contributed by atoms with Crippen molar-refractivity contribution in [2.45, 2.75) is 37.8 Å². The van der Waals surface area contributed by atoms with Gasteiger partial charge in [0, 0.05) is 49.6 Å². The van der Waals surface area contributed by atoms with E-state index in [-0.39, 0.29) is 11.5 Å². The van der Waals surface area contributed by atoms with Crippen LogP contribution in [0.4, 0.5) is 0 Å². The summed E-state index contributed by atoms with van der Waals surface area (Å²) in [6.45, 7) is 3.17. The van der Waals surface area contributed by atoms with Gasteiger partial charge in [-0.1, -0.05) is 0 Å². The standard InChI is InChI=1S/C18H34N4O4/c19-7-1-9-25-11-5-13(21)17-15(23)3-4-16(24)18(17)14(22)6-12-26-10-2-8-20/h3-4,13-14,23-24H,1-2,5-12,19-22H2. The van der Waals surface area contributed by atoms with Crippen LogP contribution in [0.1, 0.15) is 48.9 Å². The summed E-state index contributed by atoms with van der Waals surface area (Å²) in [5, 5.41) is 20.5. The van der Waals surface area contributed by atoms with Crippen molar-refractivity contribution < 1.29 is 19.7 Å².